The molecule has 1 aromatic rings. The van der Waals surface area contributed by atoms with E-state index in [1.807, 2.05) is 41.1 Å². The van der Waals surface area contributed by atoms with Crippen LogP contribution in [-0.2, 0) is 16.0 Å². The van der Waals surface area contributed by atoms with E-state index in [2.05, 4.69) is 0 Å². The molecule has 2 atom stereocenters. The Balaban J connectivity index is 1.51. The fraction of sp³-hybridized carbons (Fsp3) is 0.611. The summed E-state index contributed by atoms with van der Waals surface area (Å²) in [5.41, 5.74) is 1.12. The summed E-state index contributed by atoms with van der Waals surface area (Å²) in [6, 6.07) is 8.39. The Hall–Kier alpha value is -1.79. The number of benzene rings is 1. The first-order chi connectivity index (χ1) is 11.6. The summed E-state index contributed by atoms with van der Waals surface area (Å²) in [6.07, 6.45) is 2.53. The minimum absolute atomic E-state index is 0.0934. The lowest BCUT2D eigenvalue weighted by Crippen LogP contribution is -2.49. The SMILES string of the molecule is COc1ccc(CN2C(=O)N(C)C3CC4(CCC32)OCCO4)cc1. The molecule has 2 amide bonds. The van der Waals surface area contributed by atoms with Crippen LogP contribution in [0.4, 0.5) is 4.79 Å². The average Bonchev–Trinajstić information content (AvgIpc) is 3.15. The summed E-state index contributed by atoms with van der Waals surface area (Å²) in [5, 5.41) is 0. The molecule has 6 nitrogen and oxygen atoms in total. The quantitative estimate of drug-likeness (QED) is 0.852. The number of hydrogen-bond acceptors (Lipinski definition) is 4. The molecule has 2 heterocycles. The second-order valence-corrected chi connectivity index (χ2v) is 6.85. The van der Waals surface area contributed by atoms with Crippen LogP contribution >= 0.6 is 0 Å². The summed E-state index contributed by atoms with van der Waals surface area (Å²) in [7, 11) is 3.55. The maximum atomic E-state index is 12.7. The standard InChI is InChI=1S/C18H24N2O4/c1-19-16-11-18(23-9-10-24-18)8-7-15(16)20(17(19)21)12-13-3-5-14(22-2)6-4-13/h3-6,15-16H,7-12H2,1-2H3. The van der Waals surface area contributed by atoms with Crippen molar-refractivity contribution in [2.45, 2.75) is 43.7 Å². The molecule has 2 aliphatic heterocycles. The Labute approximate surface area is 142 Å². The van der Waals surface area contributed by atoms with Gasteiger partial charge in [-0.05, 0) is 24.1 Å². The molecule has 0 aromatic heterocycles. The van der Waals surface area contributed by atoms with Gasteiger partial charge in [0, 0.05) is 26.4 Å². The zero-order valence-electron chi connectivity index (χ0n) is 14.2. The van der Waals surface area contributed by atoms with Gasteiger partial charge in [-0.2, -0.15) is 0 Å². The van der Waals surface area contributed by atoms with Crippen molar-refractivity contribution in [3.63, 3.8) is 0 Å². The van der Waals surface area contributed by atoms with E-state index in [0.717, 1.165) is 30.6 Å². The number of methoxy groups -OCH3 is 1. The van der Waals surface area contributed by atoms with E-state index < -0.39 is 5.79 Å². The summed E-state index contributed by atoms with van der Waals surface area (Å²) < 4.78 is 16.9. The zero-order valence-corrected chi connectivity index (χ0v) is 14.2. The van der Waals surface area contributed by atoms with Crippen molar-refractivity contribution in [1.82, 2.24) is 9.80 Å². The smallest absolute Gasteiger partial charge is 0.320 e. The number of ether oxygens (including phenoxy) is 3. The second-order valence-electron chi connectivity index (χ2n) is 6.85. The molecule has 0 bridgehead atoms. The van der Waals surface area contributed by atoms with Crippen LogP contribution in [0.15, 0.2) is 24.3 Å². The molecule has 6 heteroatoms. The van der Waals surface area contributed by atoms with Gasteiger partial charge in [-0.1, -0.05) is 12.1 Å². The average molecular weight is 332 g/mol. The van der Waals surface area contributed by atoms with Gasteiger partial charge < -0.3 is 24.0 Å². The van der Waals surface area contributed by atoms with Crippen molar-refractivity contribution in [1.29, 1.82) is 0 Å². The normalized spacial score (nSPS) is 28.5. The van der Waals surface area contributed by atoms with Gasteiger partial charge in [0.05, 0.1) is 32.4 Å². The first-order valence-electron chi connectivity index (χ1n) is 8.56. The molecule has 2 unspecified atom stereocenters. The first-order valence-corrected chi connectivity index (χ1v) is 8.56. The van der Waals surface area contributed by atoms with Gasteiger partial charge in [-0.3, -0.25) is 0 Å². The number of amides is 2. The van der Waals surface area contributed by atoms with E-state index in [1.165, 1.54) is 0 Å². The predicted octanol–water partition coefficient (Wildman–Crippen LogP) is 2.23. The summed E-state index contributed by atoms with van der Waals surface area (Å²) >= 11 is 0. The number of carbonyl (C=O) groups excluding carboxylic acids is 1. The lowest BCUT2D eigenvalue weighted by molar-refractivity contribution is -0.189. The van der Waals surface area contributed by atoms with E-state index in [1.54, 1.807) is 7.11 Å². The van der Waals surface area contributed by atoms with E-state index in [0.29, 0.717) is 19.8 Å². The summed E-state index contributed by atoms with van der Waals surface area (Å²) in [4.78, 5) is 16.6. The van der Waals surface area contributed by atoms with Crippen LogP contribution in [0.5, 0.6) is 5.75 Å². The van der Waals surface area contributed by atoms with Crippen LogP contribution in [0.2, 0.25) is 0 Å². The first kappa shape index (κ1) is 15.7. The lowest BCUT2D eigenvalue weighted by atomic mass is 9.85. The molecule has 130 valence electrons. The maximum absolute atomic E-state index is 12.7. The molecule has 2 saturated heterocycles. The van der Waals surface area contributed by atoms with Crippen molar-refractivity contribution >= 4 is 6.03 Å². The van der Waals surface area contributed by atoms with Crippen LogP contribution in [0.25, 0.3) is 0 Å². The second kappa shape index (κ2) is 5.93. The fourth-order valence-corrected chi connectivity index (χ4v) is 4.23. The third kappa shape index (κ3) is 2.54. The van der Waals surface area contributed by atoms with Crippen molar-refractivity contribution in [2.24, 2.45) is 0 Å². The molecule has 3 aliphatic rings. The van der Waals surface area contributed by atoms with Crippen LogP contribution in [0.3, 0.4) is 0 Å². The van der Waals surface area contributed by atoms with Crippen LogP contribution < -0.4 is 4.74 Å². The molecular weight excluding hydrogens is 308 g/mol. The van der Waals surface area contributed by atoms with Crippen LogP contribution in [-0.4, -0.2) is 61.1 Å². The number of carbonyl (C=O) groups is 1. The van der Waals surface area contributed by atoms with E-state index in [4.69, 9.17) is 14.2 Å². The summed E-state index contributed by atoms with van der Waals surface area (Å²) in [5.74, 6) is 0.364. The maximum Gasteiger partial charge on any atom is 0.320 e. The predicted molar refractivity (Wildman–Crippen MR) is 87.8 cm³/mol. The molecular formula is C18H24N2O4. The molecule has 3 fully saturated rings. The van der Waals surface area contributed by atoms with Gasteiger partial charge in [-0.25, -0.2) is 4.79 Å². The topological polar surface area (TPSA) is 51.2 Å². The van der Waals surface area contributed by atoms with Crippen molar-refractivity contribution in [3.8, 4) is 5.75 Å². The minimum Gasteiger partial charge on any atom is -0.497 e. The molecule has 1 saturated carbocycles. The van der Waals surface area contributed by atoms with Crippen LogP contribution in [0, 0.1) is 0 Å². The highest BCUT2D eigenvalue weighted by Gasteiger charge is 2.53. The van der Waals surface area contributed by atoms with E-state index in [-0.39, 0.29) is 18.1 Å². The highest BCUT2D eigenvalue weighted by atomic mass is 16.7. The number of urea groups is 1. The molecule has 0 radical (unpaired) electrons. The van der Waals surface area contributed by atoms with Crippen molar-refractivity contribution in [2.75, 3.05) is 27.4 Å². The van der Waals surface area contributed by atoms with Gasteiger partial charge in [0.2, 0.25) is 0 Å². The Bertz CT molecular complexity index is 612. The van der Waals surface area contributed by atoms with Crippen LogP contribution in [0.1, 0.15) is 24.8 Å². The Morgan fingerprint density at radius 3 is 2.58 bits per heavy atom. The monoisotopic (exact) mass is 332 g/mol. The largest absolute Gasteiger partial charge is 0.497 e. The third-order valence-electron chi connectivity index (χ3n) is 5.56. The number of rotatable bonds is 3. The Morgan fingerprint density at radius 1 is 1.21 bits per heavy atom. The van der Waals surface area contributed by atoms with Gasteiger partial charge >= 0.3 is 6.03 Å². The molecule has 1 spiro atoms. The Morgan fingerprint density at radius 2 is 1.92 bits per heavy atom. The summed E-state index contributed by atoms with van der Waals surface area (Å²) in [6.45, 7) is 1.94. The molecule has 0 N–H and O–H groups in total. The third-order valence-corrected chi connectivity index (χ3v) is 5.56. The van der Waals surface area contributed by atoms with Gasteiger partial charge in [0.1, 0.15) is 5.75 Å². The molecule has 4 rings (SSSR count). The zero-order chi connectivity index (χ0) is 16.7. The van der Waals surface area contributed by atoms with Gasteiger partial charge in [0.15, 0.2) is 5.79 Å². The number of nitrogens with zero attached hydrogens (tertiary/aromatic N) is 2. The minimum atomic E-state index is -0.466. The number of fused-ring (bicyclic) bond motifs is 1. The number of hydrogen-bond donors (Lipinski definition) is 0. The Kier molecular flexibility index (Phi) is 3.89. The molecule has 1 aliphatic carbocycles. The van der Waals surface area contributed by atoms with E-state index >= 15 is 0 Å². The fourth-order valence-electron chi connectivity index (χ4n) is 4.23. The molecule has 24 heavy (non-hydrogen) atoms. The van der Waals surface area contributed by atoms with Gasteiger partial charge in [-0.15, -0.1) is 0 Å². The number of likely N-dealkylation sites (N-methyl/N-ethyl adjacent to an activating group) is 1. The van der Waals surface area contributed by atoms with Crippen molar-refractivity contribution in [3.05, 3.63) is 29.8 Å². The van der Waals surface area contributed by atoms with Crippen molar-refractivity contribution < 1.29 is 19.0 Å². The van der Waals surface area contributed by atoms with Gasteiger partial charge in [0.25, 0.3) is 0 Å². The highest BCUT2D eigenvalue weighted by molar-refractivity contribution is 5.77. The molecule has 1 aromatic carbocycles. The highest BCUT2D eigenvalue weighted by Crippen LogP contribution is 2.42. The van der Waals surface area contributed by atoms with E-state index in [9.17, 15) is 4.79 Å². The lowest BCUT2D eigenvalue weighted by Gasteiger charge is -2.40.